The van der Waals surface area contributed by atoms with Crippen molar-refractivity contribution < 1.29 is 48.5 Å². The molecule has 0 aliphatic rings. The Bertz CT molecular complexity index is 868. The fourth-order valence-corrected chi connectivity index (χ4v) is 4.37. The smallest absolute Gasteiger partial charge is 0.326 e. The Hall–Kier alpha value is -2.74. The van der Waals surface area contributed by atoms with Crippen LogP contribution in [0.4, 0.5) is 0 Å². The minimum absolute atomic E-state index is 0.0321. The quantitative estimate of drug-likeness (QED) is 0.0697. The highest BCUT2D eigenvalue weighted by Gasteiger charge is 2.22. The topological polar surface area (TPSA) is 225 Å². The third kappa shape index (κ3) is 22.8. The molecule has 254 valence electrons. The van der Waals surface area contributed by atoms with E-state index in [-0.39, 0.29) is 75.2 Å². The van der Waals surface area contributed by atoms with Crippen LogP contribution in [0.1, 0.15) is 110 Å². The largest absolute Gasteiger partial charge is 0.480 e. The predicted molar refractivity (Wildman–Crippen MR) is 164 cm³/mol. The van der Waals surface area contributed by atoms with Gasteiger partial charge in [0.15, 0.2) is 5.78 Å². The summed E-state index contributed by atoms with van der Waals surface area (Å²) in [5, 5.41) is 21.0. The summed E-state index contributed by atoms with van der Waals surface area (Å²) >= 11 is 0. The first-order valence-electron chi connectivity index (χ1n) is 15.9. The van der Waals surface area contributed by atoms with Gasteiger partial charge in [-0.2, -0.15) is 0 Å². The maximum absolute atomic E-state index is 12.1. The van der Waals surface area contributed by atoms with E-state index >= 15 is 0 Å². The lowest BCUT2D eigenvalue weighted by Gasteiger charge is -2.14. The molecular formula is C31H55N3O10. The molecule has 3 atom stereocenters. The lowest BCUT2D eigenvalue weighted by atomic mass is 9.96. The average molecular weight is 630 g/mol. The number of carboxylic acid groups (broad SMARTS) is 1. The number of ether oxygens (including phenoxy) is 2. The van der Waals surface area contributed by atoms with Crippen LogP contribution in [0, 0.1) is 5.92 Å². The standard InChI is InChI=1S/C31H55N3O10/c1-2-3-4-5-9-14-29(39)34-27(31(41)42)16-15-24(36)12-10-17-43-18-19-44-22-25(37)11-7-6-8-13-26(32)28(38)20-23(21-35)30(33)40/h23,26-27,35H,2-22,32H2,1H3,(H2,33,40)(H,34,39)(H,41,42)/t23-,26-,27?/m0/s1. The van der Waals surface area contributed by atoms with Crippen LogP contribution in [-0.4, -0.2) is 90.5 Å². The number of primary amides is 1. The van der Waals surface area contributed by atoms with Crippen molar-refractivity contribution >= 4 is 35.1 Å². The van der Waals surface area contributed by atoms with Crippen molar-refractivity contribution in [2.45, 2.75) is 122 Å². The van der Waals surface area contributed by atoms with Gasteiger partial charge in [-0.3, -0.25) is 24.0 Å². The molecule has 44 heavy (non-hydrogen) atoms. The van der Waals surface area contributed by atoms with Gasteiger partial charge >= 0.3 is 5.97 Å². The first-order valence-corrected chi connectivity index (χ1v) is 15.9. The number of unbranched alkanes of at least 4 members (excludes halogenated alkanes) is 6. The van der Waals surface area contributed by atoms with Crippen LogP contribution in [0.5, 0.6) is 0 Å². The highest BCUT2D eigenvalue weighted by Crippen LogP contribution is 2.11. The van der Waals surface area contributed by atoms with Crippen LogP contribution in [0.25, 0.3) is 0 Å². The van der Waals surface area contributed by atoms with E-state index in [9.17, 15) is 33.9 Å². The summed E-state index contributed by atoms with van der Waals surface area (Å²) in [6.45, 7) is 2.41. The molecule has 0 saturated heterocycles. The van der Waals surface area contributed by atoms with Gasteiger partial charge in [0, 0.05) is 38.7 Å². The van der Waals surface area contributed by atoms with Crippen molar-refractivity contribution in [2.24, 2.45) is 17.4 Å². The van der Waals surface area contributed by atoms with Crippen molar-refractivity contribution in [3.05, 3.63) is 0 Å². The summed E-state index contributed by atoms with van der Waals surface area (Å²) in [5.74, 6) is -3.58. The zero-order chi connectivity index (χ0) is 33.2. The van der Waals surface area contributed by atoms with Crippen molar-refractivity contribution in [3.8, 4) is 0 Å². The third-order valence-electron chi connectivity index (χ3n) is 7.19. The second kappa shape index (κ2) is 26.6. The van der Waals surface area contributed by atoms with Gasteiger partial charge in [-0.05, 0) is 32.1 Å². The summed E-state index contributed by atoms with van der Waals surface area (Å²) in [6, 6.07) is -1.81. The average Bonchev–Trinajstić information content (AvgIpc) is 2.98. The molecule has 2 amide bonds. The molecule has 0 aromatic heterocycles. The maximum Gasteiger partial charge on any atom is 0.326 e. The number of rotatable bonds is 31. The van der Waals surface area contributed by atoms with E-state index in [1.807, 2.05) is 0 Å². The van der Waals surface area contributed by atoms with Crippen LogP contribution in [0.2, 0.25) is 0 Å². The Kier molecular flexibility index (Phi) is 25.0. The van der Waals surface area contributed by atoms with Crippen LogP contribution in [-0.2, 0) is 38.2 Å². The highest BCUT2D eigenvalue weighted by molar-refractivity contribution is 5.89. The SMILES string of the molecule is CCCCCCCC(=O)NC(CCC(=O)CCCOCCOCC(=O)CCCCC[C@H](N)C(=O)C[C@@H](CO)C(N)=O)C(=O)O. The monoisotopic (exact) mass is 629 g/mol. The minimum atomic E-state index is -1.15. The second-order valence-electron chi connectivity index (χ2n) is 11.2. The molecule has 0 heterocycles. The Balaban J connectivity index is 3.81. The molecule has 0 aromatic carbocycles. The lowest BCUT2D eigenvalue weighted by Crippen LogP contribution is -2.41. The summed E-state index contributed by atoms with van der Waals surface area (Å²) in [5.41, 5.74) is 11.0. The number of ketones is 3. The highest BCUT2D eigenvalue weighted by atomic mass is 16.5. The molecule has 0 saturated carbocycles. The number of Topliss-reactive ketones (excluding diaryl/α,β-unsaturated/α-hetero) is 3. The minimum Gasteiger partial charge on any atom is -0.480 e. The van der Waals surface area contributed by atoms with E-state index in [2.05, 4.69) is 12.2 Å². The fourth-order valence-electron chi connectivity index (χ4n) is 4.37. The molecule has 0 aromatic rings. The van der Waals surface area contributed by atoms with Crippen LogP contribution < -0.4 is 16.8 Å². The number of hydrogen-bond donors (Lipinski definition) is 5. The van der Waals surface area contributed by atoms with Gasteiger partial charge in [0.25, 0.3) is 0 Å². The van der Waals surface area contributed by atoms with Gasteiger partial charge in [-0.1, -0.05) is 45.4 Å². The zero-order valence-corrected chi connectivity index (χ0v) is 26.4. The first-order chi connectivity index (χ1) is 21.0. The summed E-state index contributed by atoms with van der Waals surface area (Å²) in [6.07, 6.45) is 8.61. The normalized spacial score (nSPS) is 13.2. The number of nitrogens with one attached hydrogen (secondary N) is 1. The molecule has 13 heteroatoms. The number of carbonyl (C=O) groups excluding carboxylic acids is 5. The Morgan fingerprint density at radius 2 is 1.39 bits per heavy atom. The second-order valence-corrected chi connectivity index (χ2v) is 11.2. The van der Waals surface area contributed by atoms with Crippen LogP contribution >= 0.6 is 0 Å². The zero-order valence-electron chi connectivity index (χ0n) is 26.4. The van der Waals surface area contributed by atoms with E-state index in [4.69, 9.17) is 26.0 Å². The molecular weight excluding hydrogens is 574 g/mol. The molecule has 0 spiro atoms. The molecule has 1 unspecified atom stereocenters. The Morgan fingerprint density at radius 3 is 2.05 bits per heavy atom. The molecule has 0 aliphatic heterocycles. The van der Waals surface area contributed by atoms with E-state index in [0.717, 1.165) is 32.1 Å². The molecule has 0 radical (unpaired) electrons. The predicted octanol–water partition coefficient (Wildman–Crippen LogP) is 1.98. The first kappa shape index (κ1) is 41.3. The van der Waals surface area contributed by atoms with Crippen molar-refractivity contribution in [3.63, 3.8) is 0 Å². The van der Waals surface area contributed by atoms with Crippen molar-refractivity contribution in [1.29, 1.82) is 0 Å². The van der Waals surface area contributed by atoms with E-state index in [1.54, 1.807) is 0 Å². The van der Waals surface area contributed by atoms with E-state index in [1.165, 1.54) is 0 Å². The van der Waals surface area contributed by atoms with Gasteiger partial charge in [0.2, 0.25) is 11.8 Å². The van der Waals surface area contributed by atoms with E-state index < -0.39 is 36.5 Å². The number of aliphatic hydroxyl groups is 1. The number of amides is 2. The number of carboxylic acids is 1. The Morgan fingerprint density at radius 1 is 0.750 bits per heavy atom. The lowest BCUT2D eigenvalue weighted by molar-refractivity contribution is -0.142. The molecule has 0 aliphatic carbocycles. The summed E-state index contributed by atoms with van der Waals surface area (Å²) < 4.78 is 10.7. The Labute approximate surface area is 261 Å². The van der Waals surface area contributed by atoms with Gasteiger partial charge in [-0.15, -0.1) is 0 Å². The number of aliphatic hydroxyl groups excluding tert-OH is 1. The van der Waals surface area contributed by atoms with Crippen molar-refractivity contribution in [2.75, 3.05) is 33.0 Å². The maximum atomic E-state index is 12.1. The van der Waals surface area contributed by atoms with Crippen LogP contribution in [0.15, 0.2) is 0 Å². The molecule has 0 rings (SSSR count). The fraction of sp³-hybridized carbons (Fsp3) is 0.806. The molecule has 7 N–H and O–H groups in total. The number of hydrogen-bond acceptors (Lipinski definition) is 10. The van der Waals surface area contributed by atoms with Crippen molar-refractivity contribution in [1.82, 2.24) is 5.32 Å². The summed E-state index contributed by atoms with van der Waals surface area (Å²) in [7, 11) is 0. The number of carbonyl (C=O) groups is 6. The van der Waals surface area contributed by atoms with Gasteiger partial charge in [-0.25, -0.2) is 4.79 Å². The summed E-state index contributed by atoms with van der Waals surface area (Å²) in [4.78, 5) is 70.7. The van der Waals surface area contributed by atoms with Crippen LogP contribution in [0.3, 0.4) is 0 Å². The molecule has 13 nitrogen and oxygen atoms in total. The van der Waals surface area contributed by atoms with E-state index in [0.29, 0.717) is 45.1 Å². The number of aliphatic carboxylic acids is 1. The van der Waals surface area contributed by atoms with Gasteiger partial charge in [0.05, 0.1) is 31.8 Å². The molecule has 0 bridgehead atoms. The van der Waals surface area contributed by atoms with Gasteiger partial charge < -0.3 is 36.5 Å². The molecule has 0 fully saturated rings. The third-order valence-corrected chi connectivity index (χ3v) is 7.19. The number of nitrogens with two attached hydrogens (primary N) is 2. The van der Waals surface area contributed by atoms with Gasteiger partial charge in [0.1, 0.15) is 24.2 Å².